The Balaban J connectivity index is 1.68. The van der Waals surface area contributed by atoms with Gasteiger partial charge in [-0.2, -0.15) is 0 Å². The van der Waals surface area contributed by atoms with E-state index in [1.54, 1.807) is 19.1 Å². The SMILES string of the molecule is COc1ccc(CN2CCNC(=O)[C@H]2CC(=O)N2CCC(O)CC2)cc1OC. The number of likely N-dealkylation sites (tertiary alicyclic amines) is 1. The zero-order valence-corrected chi connectivity index (χ0v) is 16.5. The molecule has 8 heteroatoms. The lowest BCUT2D eigenvalue weighted by atomic mass is 10.0. The maximum absolute atomic E-state index is 12.7. The zero-order chi connectivity index (χ0) is 20.1. The van der Waals surface area contributed by atoms with Crippen LogP contribution in [0.25, 0.3) is 0 Å². The lowest BCUT2D eigenvalue weighted by Gasteiger charge is -2.37. The molecule has 1 atom stereocenters. The Bertz CT molecular complexity index is 703. The largest absolute Gasteiger partial charge is 0.493 e. The van der Waals surface area contributed by atoms with Gasteiger partial charge in [0.05, 0.1) is 32.8 Å². The van der Waals surface area contributed by atoms with Crippen molar-refractivity contribution in [2.45, 2.75) is 38.0 Å². The van der Waals surface area contributed by atoms with Gasteiger partial charge < -0.3 is 24.8 Å². The minimum absolute atomic E-state index is 0.0359. The summed E-state index contributed by atoms with van der Waals surface area (Å²) >= 11 is 0. The molecule has 0 saturated carbocycles. The van der Waals surface area contributed by atoms with Gasteiger partial charge >= 0.3 is 0 Å². The minimum atomic E-state index is -0.499. The van der Waals surface area contributed by atoms with Crippen LogP contribution in [0.3, 0.4) is 0 Å². The number of piperidine rings is 1. The Morgan fingerprint density at radius 3 is 2.57 bits per heavy atom. The molecule has 2 N–H and O–H groups in total. The molecule has 2 fully saturated rings. The molecule has 0 aliphatic carbocycles. The van der Waals surface area contributed by atoms with Crippen LogP contribution in [0.5, 0.6) is 11.5 Å². The van der Waals surface area contributed by atoms with Crippen molar-refractivity contribution in [1.82, 2.24) is 15.1 Å². The number of methoxy groups -OCH3 is 2. The van der Waals surface area contributed by atoms with Gasteiger partial charge in [0.25, 0.3) is 0 Å². The molecule has 0 bridgehead atoms. The number of nitrogens with zero attached hydrogens (tertiary/aromatic N) is 2. The number of benzene rings is 1. The predicted octanol–water partition coefficient (Wildman–Crippen LogP) is 0.378. The van der Waals surface area contributed by atoms with Crippen molar-refractivity contribution in [3.63, 3.8) is 0 Å². The molecule has 0 unspecified atom stereocenters. The van der Waals surface area contributed by atoms with Crippen LogP contribution in [-0.2, 0) is 16.1 Å². The molecule has 0 radical (unpaired) electrons. The van der Waals surface area contributed by atoms with E-state index in [1.165, 1.54) is 0 Å². The normalized spacial score (nSPS) is 21.3. The molecule has 154 valence electrons. The topological polar surface area (TPSA) is 91.3 Å². The second-order valence-electron chi connectivity index (χ2n) is 7.28. The van der Waals surface area contributed by atoms with Crippen LogP contribution in [0.4, 0.5) is 0 Å². The number of amides is 2. The van der Waals surface area contributed by atoms with E-state index in [0.29, 0.717) is 57.1 Å². The first-order chi connectivity index (χ1) is 13.5. The maximum Gasteiger partial charge on any atom is 0.237 e. The molecule has 0 aromatic heterocycles. The number of ether oxygens (including phenoxy) is 2. The van der Waals surface area contributed by atoms with Crippen LogP contribution >= 0.6 is 0 Å². The number of piperazine rings is 1. The van der Waals surface area contributed by atoms with Crippen molar-refractivity contribution in [3.05, 3.63) is 23.8 Å². The van der Waals surface area contributed by atoms with E-state index in [-0.39, 0.29) is 24.3 Å². The molecule has 2 amide bonds. The highest BCUT2D eigenvalue weighted by Crippen LogP contribution is 2.28. The first-order valence-electron chi connectivity index (χ1n) is 9.70. The Morgan fingerprint density at radius 2 is 1.89 bits per heavy atom. The van der Waals surface area contributed by atoms with Crippen LogP contribution in [0.15, 0.2) is 18.2 Å². The van der Waals surface area contributed by atoms with Gasteiger partial charge in [0, 0.05) is 32.7 Å². The number of carbonyl (C=O) groups is 2. The Labute approximate surface area is 165 Å². The van der Waals surface area contributed by atoms with E-state index >= 15 is 0 Å². The Hall–Kier alpha value is -2.32. The molecule has 0 spiro atoms. The van der Waals surface area contributed by atoms with Crippen molar-refractivity contribution in [3.8, 4) is 11.5 Å². The van der Waals surface area contributed by atoms with Crippen molar-refractivity contribution in [2.75, 3.05) is 40.4 Å². The highest BCUT2D eigenvalue weighted by Gasteiger charge is 2.33. The number of nitrogens with one attached hydrogen (secondary N) is 1. The number of carbonyl (C=O) groups excluding carboxylic acids is 2. The lowest BCUT2D eigenvalue weighted by Crippen LogP contribution is -2.56. The Kier molecular flexibility index (Phi) is 6.74. The molecule has 2 aliphatic heterocycles. The number of aliphatic hydroxyl groups is 1. The minimum Gasteiger partial charge on any atom is -0.493 e. The van der Waals surface area contributed by atoms with Crippen LogP contribution in [0, 0.1) is 0 Å². The summed E-state index contributed by atoms with van der Waals surface area (Å²) in [6.07, 6.45) is 1.01. The first-order valence-corrected chi connectivity index (χ1v) is 9.70. The predicted molar refractivity (Wildman–Crippen MR) is 103 cm³/mol. The van der Waals surface area contributed by atoms with Crippen LogP contribution in [0.1, 0.15) is 24.8 Å². The lowest BCUT2D eigenvalue weighted by molar-refractivity contribution is -0.140. The van der Waals surface area contributed by atoms with E-state index in [9.17, 15) is 14.7 Å². The van der Waals surface area contributed by atoms with Gasteiger partial charge in [-0.1, -0.05) is 6.07 Å². The van der Waals surface area contributed by atoms with E-state index in [0.717, 1.165) is 5.56 Å². The molecule has 28 heavy (non-hydrogen) atoms. The fraction of sp³-hybridized carbons (Fsp3) is 0.600. The summed E-state index contributed by atoms with van der Waals surface area (Å²) in [6, 6.07) is 5.19. The summed E-state index contributed by atoms with van der Waals surface area (Å²) in [7, 11) is 3.18. The van der Waals surface area contributed by atoms with Gasteiger partial charge in [0.1, 0.15) is 0 Å². The second kappa shape index (κ2) is 9.25. The van der Waals surface area contributed by atoms with Crippen LogP contribution < -0.4 is 14.8 Å². The fourth-order valence-electron chi connectivity index (χ4n) is 3.80. The summed E-state index contributed by atoms with van der Waals surface area (Å²) in [6.45, 7) is 2.88. The molecule has 2 aliphatic rings. The van der Waals surface area contributed by atoms with E-state index < -0.39 is 6.04 Å². The standard InChI is InChI=1S/C20H29N3O5/c1-27-17-4-3-14(11-18(17)28-2)13-23-10-7-21-20(26)16(23)12-19(25)22-8-5-15(24)6-9-22/h3-4,11,15-16,24H,5-10,12-13H2,1-2H3,(H,21,26)/t16-/m1/s1. The summed E-state index contributed by atoms with van der Waals surface area (Å²) < 4.78 is 10.6. The number of hydrogen-bond acceptors (Lipinski definition) is 6. The van der Waals surface area contributed by atoms with E-state index in [4.69, 9.17) is 9.47 Å². The first kappa shape index (κ1) is 20.4. The van der Waals surface area contributed by atoms with Gasteiger partial charge in [-0.25, -0.2) is 0 Å². The molecule has 8 nitrogen and oxygen atoms in total. The molecule has 1 aromatic carbocycles. The zero-order valence-electron chi connectivity index (χ0n) is 16.5. The van der Waals surface area contributed by atoms with Crippen LogP contribution in [-0.4, -0.2) is 79.3 Å². The third kappa shape index (κ3) is 4.74. The Morgan fingerprint density at radius 1 is 1.18 bits per heavy atom. The van der Waals surface area contributed by atoms with Crippen molar-refractivity contribution < 1.29 is 24.2 Å². The molecular formula is C20H29N3O5. The van der Waals surface area contributed by atoms with Gasteiger partial charge in [0.15, 0.2) is 11.5 Å². The monoisotopic (exact) mass is 391 g/mol. The third-order valence-electron chi connectivity index (χ3n) is 5.46. The van der Waals surface area contributed by atoms with Crippen molar-refractivity contribution in [2.24, 2.45) is 0 Å². The van der Waals surface area contributed by atoms with Gasteiger partial charge in [-0.05, 0) is 30.5 Å². The highest BCUT2D eigenvalue weighted by atomic mass is 16.5. The van der Waals surface area contributed by atoms with Crippen molar-refractivity contribution in [1.29, 1.82) is 0 Å². The smallest absolute Gasteiger partial charge is 0.237 e. The average Bonchev–Trinajstić information content (AvgIpc) is 2.70. The summed E-state index contributed by atoms with van der Waals surface area (Å²) in [5.41, 5.74) is 0.992. The molecular weight excluding hydrogens is 362 g/mol. The van der Waals surface area contributed by atoms with E-state index in [2.05, 4.69) is 5.32 Å². The fourth-order valence-corrected chi connectivity index (χ4v) is 3.80. The molecule has 2 saturated heterocycles. The average molecular weight is 391 g/mol. The van der Waals surface area contributed by atoms with Crippen LogP contribution in [0.2, 0.25) is 0 Å². The highest BCUT2D eigenvalue weighted by molar-refractivity contribution is 5.88. The van der Waals surface area contributed by atoms with Crippen molar-refractivity contribution >= 4 is 11.8 Å². The third-order valence-corrected chi connectivity index (χ3v) is 5.46. The van der Waals surface area contributed by atoms with E-state index in [1.807, 2.05) is 23.1 Å². The van der Waals surface area contributed by atoms with Gasteiger partial charge in [-0.15, -0.1) is 0 Å². The number of hydrogen-bond donors (Lipinski definition) is 2. The summed E-state index contributed by atoms with van der Waals surface area (Å²) in [4.78, 5) is 29.0. The molecule has 3 rings (SSSR count). The maximum atomic E-state index is 12.7. The quantitative estimate of drug-likeness (QED) is 0.729. The van der Waals surface area contributed by atoms with Gasteiger partial charge in [0.2, 0.25) is 11.8 Å². The summed E-state index contributed by atoms with van der Waals surface area (Å²) in [5.74, 6) is 1.14. The second-order valence-corrected chi connectivity index (χ2v) is 7.28. The van der Waals surface area contributed by atoms with Gasteiger partial charge in [-0.3, -0.25) is 14.5 Å². The number of aliphatic hydroxyl groups excluding tert-OH is 1. The number of rotatable bonds is 6. The molecule has 2 heterocycles. The summed E-state index contributed by atoms with van der Waals surface area (Å²) in [5, 5.41) is 12.5. The molecule has 1 aromatic rings.